The van der Waals surface area contributed by atoms with E-state index in [9.17, 15) is 0 Å². The first-order valence-corrected chi connectivity index (χ1v) is 8.22. The number of rotatable bonds is 6. The van der Waals surface area contributed by atoms with E-state index in [2.05, 4.69) is 33.5 Å². The summed E-state index contributed by atoms with van der Waals surface area (Å²) in [7, 11) is 2.10. The predicted molar refractivity (Wildman–Crippen MR) is 87.6 cm³/mol. The summed E-state index contributed by atoms with van der Waals surface area (Å²) >= 11 is 0. The molecule has 1 unspecified atom stereocenters. The van der Waals surface area contributed by atoms with Crippen LogP contribution in [0.3, 0.4) is 0 Å². The Balaban J connectivity index is 1.63. The number of nitrogens with zero attached hydrogens (tertiary/aromatic N) is 3. The lowest BCUT2D eigenvalue weighted by molar-refractivity contribution is 0.190. The molecule has 3 rings (SSSR count). The van der Waals surface area contributed by atoms with E-state index in [0.29, 0.717) is 12.5 Å². The highest BCUT2D eigenvalue weighted by atomic mass is 16.5. The largest absolute Gasteiger partial charge is 0.494 e. The van der Waals surface area contributed by atoms with Crippen LogP contribution in [0.5, 0.6) is 5.75 Å². The molecule has 0 spiro atoms. The van der Waals surface area contributed by atoms with Gasteiger partial charge >= 0.3 is 0 Å². The van der Waals surface area contributed by atoms with Crippen molar-refractivity contribution in [3.63, 3.8) is 0 Å². The standard InChI is InChI=1S/C17H24N4O2/c1-3-22-15-7-5-4-6-13(15)8-9-16-19-17(20-23-16)14-12-18-10-11-21(14)2/h4-7,14,18H,3,8-12H2,1-2H3. The van der Waals surface area contributed by atoms with Crippen molar-refractivity contribution in [3.05, 3.63) is 41.5 Å². The van der Waals surface area contributed by atoms with Crippen LogP contribution in [-0.2, 0) is 12.8 Å². The van der Waals surface area contributed by atoms with Gasteiger partial charge in [-0.3, -0.25) is 4.90 Å². The Bertz CT molecular complexity index is 629. The molecule has 1 N–H and O–H groups in total. The Hall–Kier alpha value is -1.92. The molecular weight excluding hydrogens is 292 g/mol. The molecule has 124 valence electrons. The van der Waals surface area contributed by atoms with E-state index in [0.717, 1.165) is 44.0 Å². The van der Waals surface area contributed by atoms with E-state index in [1.807, 2.05) is 25.1 Å². The summed E-state index contributed by atoms with van der Waals surface area (Å²) in [5.41, 5.74) is 1.17. The molecule has 1 fully saturated rings. The van der Waals surface area contributed by atoms with Crippen molar-refractivity contribution >= 4 is 0 Å². The average Bonchev–Trinajstić information content (AvgIpc) is 3.03. The van der Waals surface area contributed by atoms with Crippen molar-refractivity contribution in [2.24, 2.45) is 0 Å². The molecule has 0 bridgehead atoms. The van der Waals surface area contributed by atoms with Gasteiger partial charge in [0.2, 0.25) is 5.89 Å². The second-order valence-corrected chi connectivity index (χ2v) is 5.79. The fraction of sp³-hybridized carbons (Fsp3) is 0.529. The van der Waals surface area contributed by atoms with Gasteiger partial charge in [0.25, 0.3) is 0 Å². The molecule has 1 aliphatic heterocycles. The number of hydrogen-bond acceptors (Lipinski definition) is 6. The molecule has 0 radical (unpaired) electrons. The van der Waals surface area contributed by atoms with Crippen LogP contribution in [0.2, 0.25) is 0 Å². The molecule has 2 aromatic rings. The lowest BCUT2D eigenvalue weighted by Gasteiger charge is -2.30. The molecule has 1 aliphatic rings. The highest BCUT2D eigenvalue weighted by Gasteiger charge is 2.25. The molecule has 6 heteroatoms. The zero-order chi connectivity index (χ0) is 16.1. The van der Waals surface area contributed by atoms with E-state index in [1.54, 1.807) is 0 Å². The van der Waals surface area contributed by atoms with Crippen molar-refractivity contribution in [2.75, 3.05) is 33.3 Å². The fourth-order valence-corrected chi connectivity index (χ4v) is 2.85. The van der Waals surface area contributed by atoms with Gasteiger partial charge < -0.3 is 14.6 Å². The van der Waals surface area contributed by atoms with E-state index < -0.39 is 0 Å². The van der Waals surface area contributed by atoms with Crippen molar-refractivity contribution in [1.82, 2.24) is 20.4 Å². The van der Waals surface area contributed by atoms with Crippen LogP contribution < -0.4 is 10.1 Å². The summed E-state index contributed by atoms with van der Waals surface area (Å²) in [6.07, 6.45) is 1.55. The van der Waals surface area contributed by atoms with Crippen molar-refractivity contribution in [3.8, 4) is 5.75 Å². The number of aromatic nitrogens is 2. The predicted octanol–water partition coefficient (Wildman–Crippen LogP) is 1.83. The Morgan fingerprint density at radius 3 is 3.04 bits per heavy atom. The van der Waals surface area contributed by atoms with Crippen LogP contribution in [-0.4, -0.2) is 48.3 Å². The first kappa shape index (κ1) is 16.0. The number of hydrogen-bond donors (Lipinski definition) is 1. The van der Waals surface area contributed by atoms with E-state index >= 15 is 0 Å². The molecule has 0 aliphatic carbocycles. The van der Waals surface area contributed by atoms with Crippen LogP contribution in [0, 0.1) is 0 Å². The molecule has 0 saturated carbocycles. The zero-order valence-electron chi connectivity index (χ0n) is 13.8. The number of piperazine rings is 1. The van der Waals surface area contributed by atoms with Gasteiger partial charge in [-0.25, -0.2) is 0 Å². The second-order valence-electron chi connectivity index (χ2n) is 5.79. The summed E-state index contributed by atoms with van der Waals surface area (Å²) in [4.78, 5) is 6.83. The third kappa shape index (κ3) is 3.89. The number of likely N-dealkylation sites (N-methyl/N-ethyl adjacent to an activating group) is 1. The average molecular weight is 316 g/mol. The number of para-hydroxylation sites is 1. The van der Waals surface area contributed by atoms with Gasteiger partial charge in [0.05, 0.1) is 12.6 Å². The minimum Gasteiger partial charge on any atom is -0.494 e. The molecule has 0 amide bonds. The molecular formula is C17H24N4O2. The fourth-order valence-electron chi connectivity index (χ4n) is 2.85. The molecule has 6 nitrogen and oxygen atoms in total. The van der Waals surface area contributed by atoms with Crippen molar-refractivity contribution in [2.45, 2.75) is 25.8 Å². The quantitative estimate of drug-likeness (QED) is 0.877. The third-order valence-electron chi connectivity index (χ3n) is 4.17. The SMILES string of the molecule is CCOc1ccccc1CCc1nc(C2CNCCN2C)no1. The summed E-state index contributed by atoms with van der Waals surface area (Å²) in [5, 5.41) is 7.53. The summed E-state index contributed by atoms with van der Waals surface area (Å²) < 4.78 is 11.1. The van der Waals surface area contributed by atoms with Crippen LogP contribution >= 0.6 is 0 Å². The minimum absolute atomic E-state index is 0.192. The van der Waals surface area contributed by atoms with Crippen LogP contribution in [0.4, 0.5) is 0 Å². The maximum absolute atomic E-state index is 5.66. The van der Waals surface area contributed by atoms with Crippen molar-refractivity contribution < 1.29 is 9.26 Å². The smallest absolute Gasteiger partial charge is 0.227 e. The molecule has 1 saturated heterocycles. The van der Waals surface area contributed by atoms with E-state index in [-0.39, 0.29) is 6.04 Å². The van der Waals surface area contributed by atoms with Crippen LogP contribution in [0.1, 0.15) is 30.2 Å². The maximum atomic E-state index is 5.66. The molecule has 23 heavy (non-hydrogen) atoms. The summed E-state index contributed by atoms with van der Waals surface area (Å²) in [6.45, 7) is 5.53. The zero-order valence-corrected chi connectivity index (χ0v) is 13.8. The Labute approximate surface area is 136 Å². The Morgan fingerprint density at radius 1 is 1.35 bits per heavy atom. The topological polar surface area (TPSA) is 63.4 Å². The normalized spacial score (nSPS) is 19.0. The highest BCUT2D eigenvalue weighted by molar-refractivity contribution is 5.33. The number of nitrogens with one attached hydrogen (secondary N) is 1. The number of aryl methyl sites for hydroxylation is 2. The first-order valence-electron chi connectivity index (χ1n) is 8.22. The number of benzene rings is 1. The molecule has 1 aromatic heterocycles. The van der Waals surface area contributed by atoms with Gasteiger partial charge in [-0.1, -0.05) is 23.4 Å². The Morgan fingerprint density at radius 2 is 2.22 bits per heavy atom. The van der Waals surface area contributed by atoms with Gasteiger partial charge in [0, 0.05) is 26.1 Å². The van der Waals surface area contributed by atoms with Gasteiger partial charge in [-0.15, -0.1) is 0 Å². The summed E-state index contributed by atoms with van der Waals surface area (Å²) in [6, 6.07) is 8.30. The molecule has 1 atom stereocenters. The van der Waals surface area contributed by atoms with Gasteiger partial charge in [-0.05, 0) is 32.0 Å². The minimum atomic E-state index is 0.192. The summed E-state index contributed by atoms with van der Waals surface area (Å²) in [5.74, 6) is 2.39. The van der Waals surface area contributed by atoms with Gasteiger partial charge in [-0.2, -0.15) is 4.98 Å². The molecule has 2 heterocycles. The monoisotopic (exact) mass is 316 g/mol. The third-order valence-corrected chi connectivity index (χ3v) is 4.17. The lowest BCUT2D eigenvalue weighted by atomic mass is 10.1. The van der Waals surface area contributed by atoms with Crippen molar-refractivity contribution in [1.29, 1.82) is 0 Å². The second kappa shape index (κ2) is 7.57. The number of ether oxygens (including phenoxy) is 1. The first-order chi connectivity index (χ1) is 11.3. The molecule has 1 aromatic carbocycles. The van der Waals surface area contributed by atoms with Crippen LogP contribution in [0.15, 0.2) is 28.8 Å². The van der Waals surface area contributed by atoms with Crippen LogP contribution in [0.25, 0.3) is 0 Å². The maximum Gasteiger partial charge on any atom is 0.227 e. The van der Waals surface area contributed by atoms with E-state index in [4.69, 9.17) is 9.26 Å². The lowest BCUT2D eigenvalue weighted by Crippen LogP contribution is -2.44. The van der Waals surface area contributed by atoms with Gasteiger partial charge in [0.15, 0.2) is 5.82 Å². The van der Waals surface area contributed by atoms with E-state index in [1.165, 1.54) is 5.56 Å². The Kier molecular flexibility index (Phi) is 5.25. The van der Waals surface area contributed by atoms with Gasteiger partial charge in [0.1, 0.15) is 5.75 Å². The highest BCUT2D eigenvalue weighted by Crippen LogP contribution is 2.21.